The molecule has 6 heteroatoms. The number of carbonyl (C=O) groups excluding carboxylic acids is 1. The summed E-state index contributed by atoms with van der Waals surface area (Å²) in [5, 5.41) is 4.16. The van der Waals surface area contributed by atoms with Gasteiger partial charge in [-0.1, -0.05) is 17.3 Å². The first-order valence-electron chi connectivity index (χ1n) is 9.42. The second-order valence-electron chi connectivity index (χ2n) is 7.52. The fraction of sp³-hybridized carbons (Fsp3) is 0.318. The van der Waals surface area contributed by atoms with Crippen LogP contribution in [0.4, 0.5) is 11.4 Å². The molecule has 6 nitrogen and oxygen atoms in total. The van der Waals surface area contributed by atoms with Gasteiger partial charge >= 0.3 is 0 Å². The van der Waals surface area contributed by atoms with E-state index in [2.05, 4.69) is 30.1 Å². The van der Waals surface area contributed by atoms with E-state index in [0.29, 0.717) is 24.7 Å². The Hall–Kier alpha value is -3.15. The quantitative estimate of drug-likeness (QED) is 0.690. The van der Waals surface area contributed by atoms with Crippen LogP contribution in [0.2, 0.25) is 0 Å². The molecule has 1 fully saturated rings. The monoisotopic (exact) mass is 376 g/mol. The first-order chi connectivity index (χ1) is 13.4. The van der Waals surface area contributed by atoms with E-state index in [0.717, 1.165) is 22.5 Å². The molecule has 1 aliphatic rings. The number of aryl methyl sites for hydroxylation is 1. The summed E-state index contributed by atoms with van der Waals surface area (Å²) in [5.41, 5.74) is 5.26. The van der Waals surface area contributed by atoms with E-state index >= 15 is 0 Å². The van der Waals surface area contributed by atoms with Crippen molar-refractivity contribution in [3.63, 3.8) is 0 Å². The van der Waals surface area contributed by atoms with Gasteiger partial charge in [0.15, 0.2) is 5.82 Å². The zero-order chi connectivity index (χ0) is 19.8. The van der Waals surface area contributed by atoms with Crippen molar-refractivity contribution in [1.82, 2.24) is 10.1 Å². The van der Waals surface area contributed by atoms with Gasteiger partial charge in [-0.3, -0.25) is 4.79 Å². The summed E-state index contributed by atoms with van der Waals surface area (Å²) in [6.45, 7) is 4.68. The molecule has 1 amide bonds. The number of hydrogen-bond donors (Lipinski definition) is 0. The van der Waals surface area contributed by atoms with Crippen molar-refractivity contribution >= 4 is 17.3 Å². The Morgan fingerprint density at radius 2 is 1.86 bits per heavy atom. The fourth-order valence-corrected chi connectivity index (χ4v) is 3.56. The van der Waals surface area contributed by atoms with Crippen LogP contribution in [0.25, 0.3) is 11.5 Å². The summed E-state index contributed by atoms with van der Waals surface area (Å²) >= 11 is 0. The van der Waals surface area contributed by atoms with Gasteiger partial charge in [-0.25, -0.2) is 0 Å². The molecule has 28 heavy (non-hydrogen) atoms. The third-order valence-electron chi connectivity index (χ3n) is 5.43. The van der Waals surface area contributed by atoms with Crippen LogP contribution in [-0.2, 0) is 4.79 Å². The van der Waals surface area contributed by atoms with Crippen LogP contribution in [0.5, 0.6) is 0 Å². The van der Waals surface area contributed by atoms with Crippen molar-refractivity contribution in [2.24, 2.45) is 0 Å². The highest BCUT2D eigenvalue weighted by Crippen LogP contribution is 2.34. The molecule has 1 aliphatic heterocycles. The molecule has 1 unspecified atom stereocenters. The molecule has 0 aliphatic carbocycles. The first-order valence-corrected chi connectivity index (χ1v) is 9.42. The molecule has 1 atom stereocenters. The van der Waals surface area contributed by atoms with Crippen molar-refractivity contribution in [3.05, 3.63) is 59.4 Å². The van der Waals surface area contributed by atoms with Gasteiger partial charge in [0.2, 0.25) is 5.91 Å². The van der Waals surface area contributed by atoms with Gasteiger partial charge in [-0.2, -0.15) is 4.98 Å². The standard InChI is InChI=1S/C22H24N4O2/c1-14-6-5-7-19(15(14)2)26-13-17(12-20(26)27)21-23-22(28-24-21)16-8-10-18(11-9-16)25(3)4/h5-11,17H,12-13H2,1-4H3. The van der Waals surface area contributed by atoms with Crippen LogP contribution in [0, 0.1) is 13.8 Å². The number of hydrogen-bond acceptors (Lipinski definition) is 5. The third-order valence-corrected chi connectivity index (χ3v) is 5.43. The number of aromatic nitrogens is 2. The van der Waals surface area contributed by atoms with E-state index < -0.39 is 0 Å². The second-order valence-corrected chi connectivity index (χ2v) is 7.52. The SMILES string of the molecule is Cc1cccc(N2CC(c3noc(-c4ccc(N(C)C)cc4)n3)CC2=O)c1C. The van der Waals surface area contributed by atoms with Crippen LogP contribution in [-0.4, -0.2) is 36.7 Å². The van der Waals surface area contributed by atoms with Crippen LogP contribution >= 0.6 is 0 Å². The summed E-state index contributed by atoms with van der Waals surface area (Å²) in [6, 6.07) is 14.0. The fourth-order valence-electron chi connectivity index (χ4n) is 3.56. The lowest BCUT2D eigenvalue weighted by atomic mass is 10.1. The van der Waals surface area contributed by atoms with Crippen molar-refractivity contribution in [2.45, 2.75) is 26.2 Å². The Morgan fingerprint density at radius 3 is 2.57 bits per heavy atom. The molecule has 1 aromatic heterocycles. The van der Waals surface area contributed by atoms with Crippen LogP contribution in [0.15, 0.2) is 47.0 Å². The zero-order valence-electron chi connectivity index (χ0n) is 16.6. The van der Waals surface area contributed by atoms with Gasteiger partial charge in [0.1, 0.15) is 0 Å². The number of benzene rings is 2. The Bertz CT molecular complexity index is 1010. The first kappa shape index (κ1) is 18.2. The predicted molar refractivity (Wildman–Crippen MR) is 110 cm³/mol. The molecule has 144 valence electrons. The maximum Gasteiger partial charge on any atom is 0.257 e. The molecule has 2 aromatic carbocycles. The summed E-state index contributed by atoms with van der Waals surface area (Å²) in [5.74, 6) is 1.11. The van der Waals surface area contributed by atoms with Crippen LogP contribution in [0.3, 0.4) is 0 Å². The molecule has 0 bridgehead atoms. The van der Waals surface area contributed by atoms with Crippen molar-refractivity contribution < 1.29 is 9.32 Å². The van der Waals surface area contributed by atoms with E-state index in [-0.39, 0.29) is 11.8 Å². The zero-order valence-corrected chi connectivity index (χ0v) is 16.6. The van der Waals surface area contributed by atoms with E-state index in [4.69, 9.17) is 4.52 Å². The second kappa shape index (κ2) is 7.11. The van der Waals surface area contributed by atoms with E-state index in [9.17, 15) is 4.79 Å². The lowest BCUT2D eigenvalue weighted by Crippen LogP contribution is -2.25. The summed E-state index contributed by atoms with van der Waals surface area (Å²) in [4.78, 5) is 21.1. The average molecular weight is 376 g/mol. The highest BCUT2D eigenvalue weighted by Gasteiger charge is 2.35. The Balaban J connectivity index is 1.55. The maximum absolute atomic E-state index is 12.6. The predicted octanol–water partition coefficient (Wildman–Crippen LogP) is 3.94. The lowest BCUT2D eigenvalue weighted by Gasteiger charge is -2.19. The van der Waals surface area contributed by atoms with Gasteiger partial charge in [0, 0.05) is 49.9 Å². The summed E-state index contributed by atoms with van der Waals surface area (Å²) in [6.07, 6.45) is 0.395. The number of carbonyl (C=O) groups is 1. The van der Waals surface area contributed by atoms with Gasteiger partial charge in [-0.15, -0.1) is 0 Å². The molecule has 0 N–H and O–H groups in total. The number of amides is 1. The third kappa shape index (κ3) is 3.26. The van der Waals surface area contributed by atoms with Gasteiger partial charge in [0.05, 0.1) is 0 Å². The highest BCUT2D eigenvalue weighted by atomic mass is 16.5. The lowest BCUT2D eigenvalue weighted by molar-refractivity contribution is -0.117. The minimum Gasteiger partial charge on any atom is -0.378 e. The molecule has 0 radical (unpaired) electrons. The Kier molecular flexibility index (Phi) is 4.63. The summed E-state index contributed by atoms with van der Waals surface area (Å²) in [7, 11) is 4.00. The molecule has 0 spiro atoms. The molecule has 1 saturated heterocycles. The van der Waals surface area contributed by atoms with Gasteiger partial charge in [-0.05, 0) is 55.3 Å². The van der Waals surface area contributed by atoms with E-state index in [1.165, 1.54) is 5.56 Å². The van der Waals surface area contributed by atoms with Crippen molar-refractivity contribution in [2.75, 3.05) is 30.4 Å². The van der Waals surface area contributed by atoms with Gasteiger partial charge < -0.3 is 14.3 Å². The normalized spacial score (nSPS) is 16.6. The number of nitrogens with zero attached hydrogens (tertiary/aromatic N) is 4. The molecular weight excluding hydrogens is 352 g/mol. The minimum absolute atomic E-state index is 0.0639. The highest BCUT2D eigenvalue weighted by molar-refractivity contribution is 5.97. The Morgan fingerprint density at radius 1 is 1.11 bits per heavy atom. The Labute approximate surface area is 164 Å². The average Bonchev–Trinajstić information content (AvgIpc) is 3.31. The smallest absolute Gasteiger partial charge is 0.257 e. The van der Waals surface area contributed by atoms with Crippen molar-refractivity contribution in [3.8, 4) is 11.5 Å². The van der Waals surface area contributed by atoms with Crippen LogP contribution < -0.4 is 9.80 Å². The van der Waals surface area contributed by atoms with E-state index in [1.807, 2.05) is 60.3 Å². The molecule has 0 saturated carbocycles. The molecule has 3 aromatic rings. The topological polar surface area (TPSA) is 62.5 Å². The van der Waals surface area contributed by atoms with Gasteiger partial charge in [0.25, 0.3) is 5.89 Å². The molecule has 4 rings (SSSR count). The molecular formula is C22H24N4O2. The largest absolute Gasteiger partial charge is 0.378 e. The van der Waals surface area contributed by atoms with E-state index in [1.54, 1.807) is 0 Å². The number of rotatable bonds is 4. The van der Waals surface area contributed by atoms with Crippen molar-refractivity contribution in [1.29, 1.82) is 0 Å². The minimum atomic E-state index is -0.0639. The van der Waals surface area contributed by atoms with Crippen LogP contribution in [0.1, 0.15) is 29.3 Å². The molecule has 2 heterocycles. The summed E-state index contributed by atoms with van der Waals surface area (Å²) < 4.78 is 5.48. The maximum atomic E-state index is 12.6. The number of anilines is 2.